The number of carbonyl (C=O) groups excluding carboxylic acids is 5. The Labute approximate surface area is 167 Å². The first kappa shape index (κ1) is 20.2. The quantitative estimate of drug-likeness (QED) is 0.319. The summed E-state index contributed by atoms with van der Waals surface area (Å²) in [6.07, 6.45) is 4.65. The van der Waals surface area contributed by atoms with Crippen LogP contribution in [0.2, 0.25) is 0 Å². The molecule has 0 radical (unpaired) electrons. The van der Waals surface area contributed by atoms with Crippen molar-refractivity contribution in [3.63, 3.8) is 0 Å². The summed E-state index contributed by atoms with van der Waals surface area (Å²) in [7, 11) is 0. The zero-order valence-electron chi connectivity index (χ0n) is 15.8. The van der Waals surface area contributed by atoms with Gasteiger partial charge in [0, 0.05) is 5.56 Å². The second kappa shape index (κ2) is 8.68. The van der Waals surface area contributed by atoms with Crippen molar-refractivity contribution in [2.24, 2.45) is 11.8 Å². The van der Waals surface area contributed by atoms with E-state index in [0.29, 0.717) is 18.4 Å². The summed E-state index contributed by atoms with van der Waals surface area (Å²) in [5, 5.41) is 0. The minimum atomic E-state index is -1.13. The Morgan fingerprint density at radius 1 is 1.03 bits per heavy atom. The molecule has 4 amide bonds. The highest BCUT2D eigenvalue weighted by atomic mass is 16.5. The van der Waals surface area contributed by atoms with Crippen molar-refractivity contribution in [3.8, 4) is 0 Å². The van der Waals surface area contributed by atoms with Crippen LogP contribution in [-0.2, 0) is 23.9 Å². The van der Waals surface area contributed by atoms with Gasteiger partial charge in [-0.05, 0) is 31.9 Å². The van der Waals surface area contributed by atoms with Gasteiger partial charge in [0.2, 0.25) is 11.8 Å². The van der Waals surface area contributed by atoms with Crippen LogP contribution in [0.15, 0.2) is 42.5 Å². The van der Waals surface area contributed by atoms with Gasteiger partial charge in [-0.25, -0.2) is 4.79 Å². The first-order valence-electron chi connectivity index (χ1n) is 9.23. The second-order valence-corrected chi connectivity index (χ2v) is 6.85. The summed E-state index contributed by atoms with van der Waals surface area (Å²) < 4.78 is 4.90. The molecule has 1 fully saturated rings. The molecule has 1 aromatic rings. The lowest BCUT2D eigenvalue weighted by Gasteiger charge is -2.21. The lowest BCUT2D eigenvalue weighted by atomic mass is 9.85. The number of esters is 1. The van der Waals surface area contributed by atoms with E-state index in [2.05, 4.69) is 10.9 Å². The maximum atomic E-state index is 12.5. The van der Waals surface area contributed by atoms with E-state index in [-0.39, 0.29) is 0 Å². The van der Waals surface area contributed by atoms with Crippen molar-refractivity contribution in [3.05, 3.63) is 48.0 Å². The third kappa shape index (κ3) is 4.34. The number of carbonyl (C=O) groups is 5. The summed E-state index contributed by atoms with van der Waals surface area (Å²) in [6, 6.07) is 7.10. The zero-order valence-corrected chi connectivity index (χ0v) is 15.8. The number of nitrogens with one attached hydrogen (secondary N) is 2. The first-order chi connectivity index (χ1) is 13.9. The van der Waals surface area contributed by atoms with E-state index in [4.69, 9.17) is 4.74 Å². The molecular formula is C20H21N3O6. The predicted molar refractivity (Wildman–Crippen MR) is 99.7 cm³/mol. The van der Waals surface area contributed by atoms with Crippen molar-refractivity contribution < 1.29 is 28.7 Å². The van der Waals surface area contributed by atoms with Crippen LogP contribution in [0.5, 0.6) is 0 Å². The highest BCUT2D eigenvalue weighted by Crippen LogP contribution is 2.36. The van der Waals surface area contributed by atoms with E-state index in [1.807, 2.05) is 12.2 Å². The molecule has 1 heterocycles. The number of amides is 4. The second-order valence-electron chi connectivity index (χ2n) is 6.85. The maximum Gasteiger partial charge on any atom is 0.329 e. The molecule has 0 saturated carbocycles. The minimum Gasteiger partial charge on any atom is -0.454 e. The van der Waals surface area contributed by atoms with Gasteiger partial charge in [-0.3, -0.25) is 34.9 Å². The zero-order chi connectivity index (χ0) is 21.0. The van der Waals surface area contributed by atoms with Crippen molar-refractivity contribution in [2.45, 2.75) is 25.8 Å². The van der Waals surface area contributed by atoms with Crippen molar-refractivity contribution in [1.29, 1.82) is 0 Å². The topological polar surface area (TPSA) is 122 Å². The minimum absolute atomic E-state index is 0.348. The van der Waals surface area contributed by atoms with Crippen LogP contribution >= 0.6 is 0 Å². The standard InChI is InChI=1S/C20H21N3O6/c1-12(23-18(26)14-9-5-6-10-15(14)19(23)27)20(28)29-11-16(24)21-22-17(25)13-7-3-2-4-8-13/h2-8,12,14-15H,9-11H2,1H3,(H,21,24)(H,22,25)/t12-,14+,15+/m0/s1. The largest absolute Gasteiger partial charge is 0.454 e. The fraction of sp³-hybridized carbons (Fsp3) is 0.350. The molecular weight excluding hydrogens is 378 g/mol. The Morgan fingerprint density at radius 3 is 2.21 bits per heavy atom. The molecule has 0 unspecified atom stereocenters. The molecule has 9 heteroatoms. The number of fused-ring (bicyclic) bond motifs is 1. The SMILES string of the molecule is C[C@@H](C(=O)OCC(=O)NNC(=O)c1ccccc1)N1C(=O)[C@@H]2CC=CC[C@H]2C1=O. The Balaban J connectivity index is 1.47. The van der Waals surface area contributed by atoms with E-state index in [1.165, 1.54) is 6.92 Å². The fourth-order valence-electron chi connectivity index (χ4n) is 3.39. The Bertz CT molecular complexity index is 840. The number of likely N-dealkylation sites (tertiary alicyclic amines) is 1. The van der Waals surface area contributed by atoms with E-state index >= 15 is 0 Å². The third-order valence-electron chi connectivity index (χ3n) is 4.97. The number of rotatable bonds is 5. The lowest BCUT2D eigenvalue weighted by molar-refractivity contribution is -0.159. The number of allylic oxidation sites excluding steroid dienone is 2. The molecule has 1 aliphatic carbocycles. The van der Waals surface area contributed by atoms with Gasteiger partial charge in [-0.2, -0.15) is 0 Å². The molecule has 2 N–H and O–H groups in total. The van der Waals surface area contributed by atoms with Gasteiger partial charge in [0.25, 0.3) is 11.8 Å². The van der Waals surface area contributed by atoms with Gasteiger partial charge < -0.3 is 4.74 Å². The van der Waals surface area contributed by atoms with E-state index in [0.717, 1.165) is 4.90 Å². The van der Waals surface area contributed by atoms with Gasteiger partial charge in [0.1, 0.15) is 6.04 Å². The summed E-state index contributed by atoms with van der Waals surface area (Å²) in [5.41, 5.74) is 4.68. The molecule has 152 valence electrons. The summed E-state index contributed by atoms with van der Waals surface area (Å²) in [4.78, 5) is 61.8. The number of benzene rings is 1. The molecule has 0 bridgehead atoms. The molecule has 1 saturated heterocycles. The van der Waals surface area contributed by atoms with Gasteiger partial charge in [0.05, 0.1) is 11.8 Å². The third-order valence-corrected chi connectivity index (χ3v) is 4.97. The molecule has 29 heavy (non-hydrogen) atoms. The van der Waals surface area contributed by atoms with Crippen LogP contribution in [0.25, 0.3) is 0 Å². The van der Waals surface area contributed by atoms with Crippen LogP contribution in [-0.4, -0.2) is 47.1 Å². The average molecular weight is 399 g/mol. The van der Waals surface area contributed by atoms with Gasteiger partial charge in [-0.15, -0.1) is 0 Å². The molecule has 3 rings (SSSR count). The number of hydrogen-bond acceptors (Lipinski definition) is 6. The number of hydrazine groups is 1. The lowest BCUT2D eigenvalue weighted by Crippen LogP contribution is -2.47. The normalized spacial score (nSPS) is 21.3. The number of nitrogens with zero attached hydrogens (tertiary/aromatic N) is 1. The predicted octanol–water partition coefficient (Wildman–Crippen LogP) is 0.330. The van der Waals surface area contributed by atoms with Crippen molar-refractivity contribution in [2.75, 3.05) is 6.61 Å². The van der Waals surface area contributed by atoms with Gasteiger partial charge in [-0.1, -0.05) is 30.4 Å². The highest BCUT2D eigenvalue weighted by Gasteiger charge is 2.50. The number of hydrogen-bond donors (Lipinski definition) is 2. The summed E-state index contributed by atoms with van der Waals surface area (Å²) in [5.74, 6) is -3.84. The Hall–Kier alpha value is -3.49. The van der Waals surface area contributed by atoms with Crippen LogP contribution in [0.4, 0.5) is 0 Å². The number of ether oxygens (including phenoxy) is 1. The molecule has 1 aliphatic heterocycles. The van der Waals surface area contributed by atoms with Gasteiger partial charge >= 0.3 is 5.97 Å². The summed E-state index contributed by atoms with van der Waals surface area (Å²) >= 11 is 0. The molecule has 0 spiro atoms. The van der Waals surface area contributed by atoms with Crippen LogP contribution in [0, 0.1) is 11.8 Å². The maximum absolute atomic E-state index is 12.5. The van der Waals surface area contributed by atoms with E-state index in [9.17, 15) is 24.0 Å². The Kier molecular flexibility index (Phi) is 6.06. The first-order valence-corrected chi connectivity index (χ1v) is 9.23. The molecule has 2 aliphatic rings. The fourth-order valence-corrected chi connectivity index (χ4v) is 3.39. The Morgan fingerprint density at radius 2 is 1.62 bits per heavy atom. The van der Waals surface area contributed by atoms with E-state index in [1.54, 1.807) is 30.3 Å². The van der Waals surface area contributed by atoms with Crippen LogP contribution in [0.1, 0.15) is 30.1 Å². The smallest absolute Gasteiger partial charge is 0.329 e. The highest BCUT2D eigenvalue weighted by molar-refractivity contribution is 6.08. The van der Waals surface area contributed by atoms with Crippen molar-refractivity contribution >= 4 is 29.6 Å². The van der Waals surface area contributed by atoms with Crippen LogP contribution < -0.4 is 10.9 Å². The summed E-state index contributed by atoms with van der Waals surface area (Å²) in [6.45, 7) is 0.723. The monoisotopic (exact) mass is 399 g/mol. The van der Waals surface area contributed by atoms with Crippen LogP contribution in [0.3, 0.4) is 0 Å². The van der Waals surface area contributed by atoms with Crippen molar-refractivity contribution in [1.82, 2.24) is 15.8 Å². The van der Waals surface area contributed by atoms with Gasteiger partial charge in [0.15, 0.2) is 6.61 Å². The number of imide groups is 1. The molecule has 9 nitrogen and oxygen atoms in total. The molecule has 0 aromatic heterocycles. The van der Waals surface area contributed by atoms with E-state index < -0.39 is 54.1 Å². The average Bonchev–Trinajstić information content (AvgIpc) is 3.00. The molecule has 3 atom stereocenters. The molecule has 1 aromatic carbocycles.